The van der Waals surface area contributed by atoms with Gasteiger partial charge in [-0.05, 0) is 61.6 Å². The largest absolute Gasteiger partial charge is 0.457 e. The number of halogens is 2. The Bertz CT molecular complexity index is 993. The molecule has 0 N–H and O–H groups in total. The minimum absolute atomic E-state index is 0.0120. The van der Waals surface area contributed by atoms with Crippen LogP contribution in [0.4, 0.5) is 8.78 Å². The van der Waals surface area contributed by atoms with E-state index in [1.54, 1.807) is 4.90 Å². The van der Waals surface area contributed by atoms with E-state index in [4.69, 9.17) is 4.74 Å². The van der Waals surface area contributed by atoms with Gasteiger partial charge in [0.05, 0.1) is 12.1 Å². The average molecular weight is 414 g/mol. The van der Waals surface area contributed by atoms with Gasteiger partial charge in [0.2, 0.25) is 5.78 Å². The van der Waals surface area contributed by atoms with E-state index in [0.717, 1.165) is 12.3 Å². The SMILES string of the molecule is O=C(COC(=O)C1CC[C@H]2CCc3cc(F)ccc3C(=O)N2C1)c1ccc(F)cn1. The summed E-state index contributed by atoms with van der Waals surface area (Å²) < 4.78 is 31.6. The topological polar surface area (TPSA) is 76.6 Å². The highest BCUT2D eigenvalue weighted by atomic mass is 19.1. The van der Waals surface area contributed by atoms with E-state index < -0.39 is 30.1 Å². The van der Waals surface area contributed by atoms with Gasteiger partial charge in [0.25, 0.3) is 5.91 Å². The minimum Gasteiger partial charge on any atom is -0.457 e. The van der Waals surface area contributed by atoms with Gasteiger partial charge >= 0.3 is 5.97 Å². The van der Waals surface area contributed by atoms with Gasteiger partial charge in [-0.3, -0.25) is 14.4 Å². The highest BCUT2D eigenvalue weighted by Crippen LogP contribution is 2.31. The molecular weight excluding hydrogens is 394 g/mol. The van der Waals surface area contributed by atoms with Gasteiger partial charge < -0.3 is 9.64 Å². The van der Waals surface area contributed by atoms with Crippen molar-refractivity contribution in [1.29, 1.82) is 0 Å². The lowest BCUT2D eigenvalue weighted by atomic mass is 9.91. The van der Waals surface area contributed by atoms with Crippen LogP contribution in [-0.2, 0) is 16.0 Å². The normalized spacial score (nSPS) is 20.7. The molecule has 156 valence electrons. The molecule has 0 saturated carbocycles. The number of aromatic nitrogens is 1. The zero-order valence-electron chi connectivity index (χ0n) is 16.1. The molecule has 1 aromatic carbocycles. The highest BCUT2D eigenvalue weighted by Gasteiger charge is 2.38. The number of rotatable bonds is 4. The molecule has 1 amide bonds. The van der Waals surface area contributed by atoms with Crippen molar-refractivity contribution in [3.05, 3.63) is 65.0 Å². The number of Topliss-reactive ketones (excluding diaryl/α,β-unsaturated/α-hetero) is 1. The van der Waals surface area contributed by atoms with E-state index in [1.165, 1.54) is 24.3 Å². The summed E-state index contributed by atoms with van der Waals surface area (Å²) in [6, 6.07) is 6.48. The first-order valence-electron chi connectivity index (χ1n) is 9.83. The molecule has 1 saturated heterocycles. The summed E-state index contributed by atoms with van der Waals surface area (Å²) in [5.74, 6) is -2.77. The van der Waals surface area contributed by atoms with Crippen molar-refractivity contribution >= 4 is 17.7 Å². The third-order valence-corrected chi connectivity index (χ3v) is 5.70. The average Bonchev–Trinajstić information content (AvgIpc) is 2.88. The van der Waals surface area contributed by atoms with Crippen LogP contribution in [-0.4, -0.2) is 46.7 Å². The number of benzene rings is 1. The standard InChI is InChI=1S/C22H20F2N2O4/c23-15-3-7-18-13(9-15)1-5-17-6-2-14(11-26(17)21(18)28)22(29)30-12-20(27)19-8-4-16(24)10-25-19/h3-4,7-10,14,17H,1-2,5-6,11-12H2/t14?,17-/m1/s1. The first-order chi connectivity index (χ1) is 14.4. The molecule has 0 aliphatic carbocycles. The number of amides is 1. The molecule has 2 atom stereocenters. The van der Waals surface area contributed by atoms with Crippen LogP contribution < -0.4 is 0 Å². The zero-order valence-corrected chi connectivity index (χ0v) is 16.1. The fourth-order valence-corrected chi connectivity index (χ4v) is 4.09. The van der Waals surface area contributed by atoms with E-state index in [9.17, 15) is 23.2 Å². The summed E-state index contributed by atoms with van der Waals surface area (Å²) in [5, 5.41) is 0. The second-order valence-electron chi connectivity index (χ2n) is 7.62. The number of ether oxygens (including phenoxy) is 1. The van der Waals surface area contributed by atoms with Crippen molar-refractivity contribution in [3.8, 4) is 0 Å². The molecule has 2 aliphatic rings. The minimum atomic E-state index is -0.563. The number of fused-ring (bicyclic) bond motifs is 2. The molecule has 1 unspecified atom stereocenters. The zero-order chi connectivity index (χ0) is 21.3. The number of hydrogen-bond acceptors (Lipinski definition) is 5. The van der Waals surface area contributed by atoms with Crippen LogP contribution in [0.1, 0.15) is 45.7 Å². The van der Waals surface area contributed by atoms with Crippen molar-refractivity contribution in [3.63, 3.8) is 0 Å². The van der Waals surface area contributed by atoms with Crippen LogP contribution in [0, 0.1) is 17.6 Å². The maximum atomic E-state index is 13.5. The fourth-order valence-electron chi connectivity index (χ4n) is 4.09. The molecule has 0 bridgehead atoms. The van der Waals surface area contributed by atoms with Crippen molar-refractivity contribution in [2.24, 2.45) is 5.92 Å². The molecule has 0 radical (unpaired) electrons. The number of hydrogen-bond donors (Lipinski definition) is 0. The van der Waals surface area contributed by atoms with Crippen molar-refractivity contribution < 1.29 is 27.9 Å². The maximum absolute atomic E-state index is 13.5. The van der Waals surface area contributed by atoms with Gasteiger partial charge in [0, 0.05) is 18.2 Å². The number of piperidine rings is 1. The second kappa shape index (κ2) is 8.30. The Morgan fingerprint density at radius 1 is 1.10 bits per heavy atom. The summed E-state index contributed by atoms with van der Waals surface area (Å²) in [4.78, 5) is 42.9. The first kappa shape index (κ1) is 20.1. The van der Waals surface area contributed by atoms with Crippen LogP contribution >= 0.6 is 0 Å². The summed E-state index contributed by atoms with van der Waals surface area (Å²) in [6.45, 7) is -0.296. The van der Waals surface area contributed by atoms with E-state index in [0.29, 0.717) is 36.8 Å². The van der Waals surface area contributed by atoms with Gasteiger partial charge in [-0.15, -0.1) is 0 Å². The van der Waals surface area contributed by atoms with E-state index in [2.05, 4.69) is 4.98 Å². The molecular formula is C22H20F2N2O4. The van der Waals surface area contributed by atoms with Crippen molar-refractivity contribution in [2.45, 2.75) is 31.7 Å². The monoisotopic (exact) mass is 414 g/mol. The Kier molecular flexibility index (Phi) is 5.57. The number of aryl methyl sites for hydroxylation is 1. The second-order valence-corrected chi connectivity index (χ2v) is 7.62. The molecule has 2 aliphatic heterocycles. The predicted octanol–water partition coefficient (Wildman–Crippen LogP) is 2.95. The Morgan fingerprint density at radius 3 is 2.67 bits per heavy atom. The quantitative estimate of drug-likeness (QED) is 0.568. The fraction of sp³-hybridized carbons (Fsp3) is 0.364. The molecule has 0 spiro atoms. The molecule has 6 nitrogen and oxygen atoms in total. The number of nitrogens with zero attached hydrogens (tertiary/aromatic N) is 2. The van der Waals surface area contributed by atoms with Crippen molar-refractivity contribution in [1.82, 2.24) is 9.88 Å². The Balaban J connectivity index is 1.40. The molecule has 8 heteroatoms. The third kappa shape index (κ3) is 4.08. The van der Waals surface area contributed by atoms with E-state index >= 15 is 0 Å². The van der Waals surface area contributed by atoms with E-state index in [-0.39, 0.29) is 30.0 Å². The number of carbonyl (C=O) groups is 3. The lowest BCUT2D eigenvalue weighted by Crippen LogP contribution is -2.48. The van der Waals surface area contributed by atoms with Crippen LogP contribution in [0.15, 0.2) is 36.5 Å². The highest BCUT2D eigenvalue weighted by molar-refractivity contribution is 5.97. The van der Waals surface area contributed by atoms with Gasteiger partial charge in [-0.2, -0.15) is 0 Å². The predicted molar refractivity (Wildman–Crippen MR) is 102 cm³/mol. The van der Waals surface area contributed by atoms with Gasteiger partial charge in [0.15, 0.2) is 6.61 Å². The Morgan fingerprint density at radius 2 is 1.90 bits per heavy atom. The first-order valence-corrected chi connectivity index (χ1v) is 9.83. The molecule has 4 rings (SSSR count). The smallest absolute Gasteiger partial charge is 0.311 e. The van der Waals surface area contributed by atoms with Crippen LogP contribution in [0.25, 0.3) is 0 Å². The number of pyridine rings is 1. The van der Waals surface area contributed by atoms with Gasteiger partial charge in [0.1, 0.15) is 17.3 Å². The van der Waals surface area contributed by atoms with Crippen molar-refractivity contribution in [2.75, 3.05) is 13.2 Å². The van der Waals surface area contributed by atoms with E-state index in [1.807, 2.05) is 0 Å². The molecule has 3 heterocycles. The van der Waals surface area contributed by atoms with Crippen LogP contribution in [0.3, 0.4) is 0 Å². The summed E-state index contributed by atoms with van der Waals surface area (Å²) >= 11 is 0. The van der Waals surface area contributed by atoms with Crippen LogP contribution in [0.5, 0.6) is 0 Å². The van der Waals surface area contributed by atoms with Gasteiger partial charge in [-0.1, -0.05) is 0 Å². The summed E-state index contributed by atoms with van der Waals surface area (Å²) in [7, 11) is 0. The lowest BCUT2D eigenvalue weighted by molar-refractivity contribution is -0.149. The van der Waals surface area contributed by atoms with Crippen LogP contribution in [0.2, 0.25) is 0 Å². The Labute approximate surface area is 171 Å². The summed E-state index contributed by atoms with van der Waals surface area (Å²) in [5.41, 5.74) is 1.16. The Hall–Kier alpha value is -3.16. The van der Waals surface area contributed by atoms with Gasteiger partial charge in [-0.25, -0.2) is 13.8 Å². The molecule has 2 aromatic rings. The number of ketones is 1. The molecule has 30 heavy (non-hydrogen) atoms. The number of carbonyl (C=O) groups excluding carboxylic acids is 3. The third-order valence-electron chi connectivity index (χ3n) is 5.70. The lowest BCUT2D eigenvalue weighted by Gasteiger charge is -2.37. The number of esters is 1. The maximum Gasteiger partial charge on any atom is 0.311 e. The molecule has 1 aromatic heterocycles. The molecule has 1 fully saturated rings. The summed E-state index contributed by atoms with van der Waals surface area (Å²) in [6.07, 6.45) is 3.41.